The van der Waals surface area contributed by atoms with Crippen LogP contribution in [0, 0.1) is 0 Å². The van der Waals surface area contributed by atoms with E-state index in [1.54, 1.807) is 30.3 Å². The van der Waals surface area contributed by atoms with Gasteiger partial charge in [0.15, 0.2) is 0 Å². The van der Waals surface area contributed by atoms with Gasteiger partial charge in [0, 0.05) is 11.5 Å². The molecule has 0 aliphatic rings. The minimum atomic E-state index is -3.66. The number of rotatable bonds is 10. The number of carbonyl (C=O) groups is 1. The van der Waals surface area contributed by atoms with Gasteiger partial charge in [0.25, 0.3) is 0 Å². The predicted molar refractivity (Wildman–Crippen MR) is 131 cm³/mol. The molecule has 0 radical (unpaired) electrons. The second kappa shape index (κ2) is 10.8. The topological polar surface area (TPSA) is 97.6 Å². The first-order valence-electron chi connectivity index (χ1n) is 10.7. The first-order chi connectivity index (χ1) is 16.5. The maximum Gasteiger partial charge on any atom is 0.244 e. The van der Waals surface area contributed by atoms with Crippen LogP contribution in [0.3, 0.4) is 0 Å². The summed E-state index contributed by atoms with van der Waals surface area (Å²) >= 11 is 0. The van der Waals surface area contributed by atoms with Gasteiger partial charge in [0.2, 0.25) is 15.9 Å². The van der Waals surface area contributed by atoms with Gasteiger partial charge in [0.1, 0.15) is 18.1 Å². The SMILES string of the molecule is O=C(C=Cc1ccc(S(=O)(=O)NCc2ccco2)cc1)NCCOc1cccc2ccccc12. The number of ether oxygens (including phenoxy) is 1. The Morgan fingerprint density at radius 2 is 1.74 bits per heavy atom. The highest BCUT2D eigenvalue weighted by atomic mass is 32.2. The van der Waals surface area contributed by atoms with Gasteiger partial charge >= 0.3 is 0 Å². The molecule has 1 amide bonds. The molecule has 7 nitrogen and oxygen atoms in total. The van der Waals surface area contributed by atoms with Gasteiger partial charge in [-0.05, 0) is 47.4 Å². The summed E-state index contributed by atoms with van der Waals surface area (Å²) in [5, 5.41) is 4.89. The predicted octanol–water partition coefficient (Wildman–Crippen LogP) is 4.12. The Morgan fingerprint density at radius 1 is 0.941 bits per heavy atom. The largest absolute Gasteiger partial charge is 0.491 e. The van der Waals surface area contributed by atoms with Gasteiger partial charge in [-0.25, -0.2) is 13.1 Å². The average Bonchev–Trinajstić information content (AvgIpc) is 3.38. The molecule has 174 valence electrons. The summed E-state index contributed by atoms with van der Waals surface area (Å²) in [5.74, 6) is 1.03. The minimum absolute atomic E-state index is 0.0708. The zero-order chi connectivity index (χ0) is 23.8. The Hall–Kier alpha value is -3.88. The Balaban J connectivity index is 1.24. The number of benzene rings is 3. The molecule has 0 aliphatic carbocycles. The van der Waals surface area contributed by atoms with Crippen molar-refractivity contribution in [2.75, 3.05) is 13.2 Å². The van der Waals surface area contributed by atoms with Crippen LogP contribution < -0.4 is 14.8 Å². The van der Waals surface area contributed by atoms with Crippen LogP contribution in [0.15, 0.2) is 101 Å². The fraction of sp³-hybridized carbons (Fsp3) is 0.115. The summed E-state index contributed by atoms with van der Waals surface area (Å²) in [6.07, 6.45) is 4.50. The molecule has 8 heteroatoms. The number of sulfonamides is 1. The minimum Gasteiger partial charge on any atom is -0.491 e. The first kappa shape index (κ1) is 23.3. The highest BCUT2D eigenvalue weighted by Gasteiger charge is 2.14. The van der Waals surface area contributed by atoms with Crippen molar-refractivity contribution in [3.05, 3.63) is 103 Å². The highest BCUT2D eigenvalue weighted by Crippen LogP contribution is 2.24. The Labute approximate surface area is 198 Å². The van der Waals surface area contributed by atoms with Crippen molar-refractivity contribution in [1.29, 1.82) is 0 Å². The van der Waals surface area contributed by atoms with E-state index < -0.39 is 10.0 Å². The Kier molecular flexibility index (Phi) is 7.41. The lowest BCUT2D eigenvalue weighted by molar-refractivity contribution is -0.116. The monoisotopic (exact) mass is 476 g/mol. The molecule has 4 rings (SSSR count). The van der Waals surface area contributed by atoms with Crippen molar-refractivity contribution < 1.29 is 22.4 Å². The zero-order valence-corrected chi connectivity index (χ0v) is 19.1. The molecule has 0 aliphatic heterocycles. The molecule has 0 fully saturated rings. The standard InChI is InChI=1S/C26H24N2O5S/c29-26(27-16-18-33-25-9-3-6-21-5-1-2-8-24(21)25)15-12-20-10-13-23(14-11-20)34(30,31)28-19-22-7-4-17-32-22/h1-15,17,28H,16,18-19H2,(H,27,29). The Morgan fingerprint density at radius 3 is 2.53 bits per heavy atom. The second-order valence-corrected chi connectivity index (χ2v) is 9.19. The van der Waals surface area contributed by atoms with E-state index in [4.69, 9.17) is 9.15 Å². The summed E-state index contributed by atoms with van der Waals surface area (Å²) in [7, 11) is -3.66. The van der Waals surface area contributed by atoms with Crippen LogP contribution in [0.25, 0.3) is 16.8 Å². The molecule has 34 heavy (non-hydrogen) atoms. The van der Waals surface area contributed by atoms with Gasteiger partial charge < -0.3 is 14.5 Å². The van der Waals surface area contributed by atoms with Crippen LogP contribution in [-0.2, 0) is 21.4 Å². The third-order valence-electron chi connectivity index (χ3n) is 5.04. The molecule has 1 aromatic heterocycles. The van der Waals surface area contributed by atoms with E-state index in [-0.39, 0.29) is 17.3 Å². The lowest BCUT2D eigenvalue weighted by Crippen LogP contribution is -2.26. The number of amides is 1. The molecular formula is C26H24N2O5S. The first-order valence-corrected chi connectivity index (χ1v) is 12.2. The number of furan rings is 1. The number of hydrogen-bond acceptors (Lipinski definition) is 5. The fourth-order valence-electron chi connectivity index (χ4n) is 3.31. The van der Waals surface area contributed by atoms with Crippen LogP contribution in [0.1, 0.15) is 11.3 Å². The van der Waals surface area contributed by atoms with E-state index >= 15 is 0 Å². The lowest BCUT2D eigenvalue weighted by Gasteiger charge is -2.09. The van der Waals surface area contributed by atoms with E-state index in [1.165, 1.54) is 24.5 Å². The lowest BCUT2D eigenvalue weighted by atomic mass is 10.1. The smallest absolute Gasteiger partial charge is 0.244 e. The summed E-state index contributed by atoms with van der Waals surface area (Å²) in [4.78, 5) is 12.2. The van der Waals surface area contributed by atoms with E-state index in [0.717, 1.165) is 16.5 Å². The molecule has 0 atom stereocenters. The third kappa shape index (κ3) is 6.12. The van der Waals surface area contributed by atoms with Gasteiger partial charge in [-0.2, -0.15) is 0 Å². The van der Waals surface area contributed by atoms with Gasteiger partial charge in [-0.3, -0.25) is 4.79 Å². The summed E-state index contributed by atoms with van der Waals surface area (Å²) in [6.45, 7) is 0.761. The highest BCUT2D eigenvalue weighted by molar-refractivity contribution is 7.89. The van der Waals surface area contributed by atoms with Crippen molar-refractivity contribution in [2.24, 2.45) is 0 Å². The number of carbonyl (C=O) groups excluding carboxylic acids is 1. The normalized spacial score (nSPS) is 11.6. The van der Waals surface area contributed by atoms with Crippen LogP contribution >= 0.6 is 0 Å². The van der Waals surface area contributed by atoms with Crippen LogP contribution in [0.5, 0.6) is 5.75 Å². The molecule has 2 N–H and O–H groups in total. The fourth-order valence-corrected chi connectivity index (χ4v) is 4.30. The van der Waals surface area contributed by atoms with E-state index in [9.17, 15) is 13.2 Å². The summed E-state index contributed by atoms with van der Waals surface area (Å²) in [5.41, 5.74) is 0.701. The molecule has 0 saturated heterocycles. The van der Waals surface area contributed by atoms with E-state index in [1.807, 2.05) is 42.5 Å². The molecule has 0 bridgehead atoms. The molecule has 3 aromatic carbocycles. The van der Waals surface area contributed by atoms with E-state index in [2.05, 4.69) is 10.0 Å². The van der Waals surface area contributed by atoms with Crippen molar-refractivity contribution in [3.8, 4) is 5.75 Å². The van der Waals surface area contributed by atoms with Crippen molar-refractivity contribution in [3.63, 3.8) is 0 Å². The number of nitrogens with one attached hydrogen (secondary N) is 2. The molecule has 0 spiro atoms. The van der Waals surface area contributed by atoms with Crippen molar-refractivity contribution in [2.45, 2.75) is 11.4 Å². The average molecular weight is 477 g/mol. The maximum atomic E-state index is 12.4. The molecule has 1 heterocycles. The Bertz CT molecular complexity index is 1370. The number of hydrogen-bond donors (Lipinski definition) is 2. The summed E-state index contributed by atoms with van der Waals surface area (Å²) in [6, 6.07) is 23.4. The van der Waals surface area contributed by atoms with E-state index in [0.29, 0.717) is 24.5 Å². The van der Waals surface area contributed by atoms with Crippen LogP contribution in [-0.4, -0.2) is 27.5 Å². The summed E-state index contributed by atoms with van der Waals surface area (Å²) < 4.78 is 38.2. The zero-order valence-electron chi connectivity index (χ0n) is 18.3. The molecule has 0 unspecified atom stereocenters. The van der Waals surface area contributed by atoms with Crippen LogP contribution in [0.4, 0.5) is 0 Å². The van der Waals surface area contributed by atoms with Crippen molar-refractivity contribution >= 4 is 32.8 Å². The maximum absolute atomic E-state index is 12.4. The quantitative estimate of drug-likeness (QED) is 0.265. The number of fused-ring (bicyclic) bond motifs is 1. The van der Waals surface area contributed by atoms with Gasteiger partial charge in [-0.1, -0.05) is 48.5 Å². The molecular weight excluding hydrogens is 452 g/mol. The second-order valence-electron chi connectivity index (χ2n) is 7.42. The van der Waals surface area contributed by atoms with Crippen molar-refractivity contribution in [1.82, 2.24) is 10.0 Å². The van der Waals surface area contributed by atoms with Gasteiger partial charge in [-0.15, -0.1) is 0 Å². The third-order valence-corrected chi connectivity index (χ3v) is 6.46. The van der Waals surface area contributed by atoms with Gasteiger partial charge in [0.05, 0.1) is 24.2 Å². The van der Waals surface area contributed by atoms with Crippen LogP contribution in [0.2, 0.25) is 0 Å². The molecule has 4 aromatic rings. The molecule has 0 saturated carbocycles.